The lowest BCUT2D eigenvalue weighted by Gasteiger charge is -2.20. The normalized spacial score (nSPS) is 13.4. The van der Waals surface area contributed by atoms with Crippen LogP contribution in [0.2, 0.25) is 0 Å². The molecule has 7 nitrogen and oxygen atoms in total. The number of anilines is 2. The summed E-state index contributed by atoms with van der Waals surface area (Å²) in [5.74, 6) is 0.294. The maximum atomic E-state index is 11.7. The Kier molecular flexibility index (Phi) is 4.41. The van der Waals surface area contributed by atoms with Gasteiger partial charge in [0.05, 0.1) is 4.92 Å². The molecular formula is C17H18N4O3. The number of pyridine rings is 1. The Bertz CT molecular complexity index is 757. The minimum Gasteiger partial charge on any atom is -0.336 e. The number of hydrogen-bond acceptors (Lipinski definition) is 5. The van der Waals surface area contributed by atoms with Crippen molar-refractivity contribution < 1.29 is 9.72 Å². The number of aromatic nitrogens is 1. The zero-order chi connectivity index (χ0) is 17.1. The van der Waals surface area contributed by atoms with E-state index in [1.807, 2.05) is 29.2 Å². The molecule has 3 rings (SSSR count). The Morgan fingerprint density at radius 2 is 2.04 bits per heavy atom. The zero-order valence-corrected chi connectivity index (χ0v) is 13.3. The summed E-state index contributed by atoms with van der Waals surface area (Å²) in [6.07, 6.45) is 3.65. The molecule has 1 aliphatic rings. The van der Waals surface area contributed by atoms with Gasteiger partial charge in [-0.15, -0.1) is 0 Å². The number of amides is 1. The molecule has 1 aromatic heterocycles. The molecular weight excluding hydrogens is 308 g/mol. The SMILES string of the molecule is CC(=O)N(Cc1ccc(Nc2ncccc2[N+](=O)[O-])cc1)C1CC1. The van der Waals surface area contributed by atoms with E-state index in [0.29, 0.717) is 18.3 Å². The van der Waals surface area contributed by atoms with Crippen molar-refractivity contribution in [2.45, 2.75) is 32.4 Å². The minimum absolute atomic E-state index is 0.0712. The third kappa shape index (κ3) is 3.68. The maximum Gasteiger partial charge on any atom is 0.311 e. The highest BCUT2D eigenvalue weighted by Gasteiger charge is 2.30. The minimum atomic E-state index is -0.468. The van der Waals surface area contributed by atoms with Gasteiger partial charge in [-0.3, -0.25) is 14.9 Å². The molecule has 0 aliphatic heterocycles. The quantitative estimate of drug-likeness (QED) is 0.650. The predicted octanol–water partition coefficient (Wildman–Crippen LogP) is 3.24. The van der Waals surface area contributed by atoms with Crippen LogP contribution in [0.1, 0.15) is 25.3 Å². The van der Waals surface area contributed by atoms with Crippen molar-refractivity contribution in [3.63, 3.8) is 0 Å². The van der Waals surface area contributed by atoms with E-state index in [0.717, 1.165) is 18.4 Å². The van der Waals surface area contributed by atoms with E-state index in [1.165, 1.54) is 18.3 Å². The zero-order valence-electron chi connectivity index (χ0n) is 13.3. The molecule has 1 aromatic carbocycles. The fourth-order valence-electron chi connectivity index (χ4n) is 2.55. The highest BCUT2D eigenvalue weighted by atomic mass is 16.6. The van der Waals surface area contributed by atoms with Crippen molar-refractivity contribution in [3.05, 3.63) is 58.3 Å². The van der Waals surface area contributed by atoms with Gasteiger partial charge in [-0.2, -0.15) is 0 Å². The lowest BCUT2D eigenvalue weighted by molar-refractivity contribution is -0.384. The molecule has 1 aliphatic carbocycles. The van der Waals surface area contributed by atoms with Gasteiger partial charge in [0.1, 0.15) is 0 Å². The number of rotatable bonds is 6. The number of nitro groups is 1. The summed E-state index contributed by atoms with van der Waals surface area (Å²) in [5.41, 5.74) is 1.66. The Labute approximate surface area is 139 Å². The molecule has 124 valence electrons. The first-order valence-corrected chi connectivity index (χ1v) is 7.77. The van der Waals surface area contributed by atoms with Crippen LogP contribution < -0.4 is 5.32 Å². The maximum absolute atomic E-state index is 11.7. The van der Waals surface area contributed by atoms with Crippen LogP contribution in [-0.4, -0.2) is 26.8 Å². The Morgan fingerprint density at radius 3 is 2.62 bits per heavy atom. The topological polar surface area (TPSA) is 88.4 Å². The molecule has 7 heteroatoms. The van der Waals surface area contributed by atoms with E-state index in [1.54, 1.807) is 6.92 Å². The molecule has 1 amide bonds. The first kappa shape index (κ1) is 15.9. The van der Waals surface area contributed by atoms with Gasteiger partial charge in [-0.1, -0.05) is 12.1 Å². The second kappa shape index (κ2) is 6.66. The van der Waals surface area contributed by atoms with E-state index >= 15 is 0 Å². The van der Waals surface area contributed by atoms with Crippen molar-refractivity contribution in [1.82, 2.24) is 9.88 Å². The van der Waals surface area contributed by atoms with Gasteiger partial charge < -0.3 is 10.2 Å². The Balaban J connectivity index is 1.71. The van der Waals surface area contributed by atoms with Gasteiger partial charge in [-0.25, -0.2) is 4.98 Å². The summed E-state index contributed by atoms with van der Waals surface area (Å²) in [7, 11) is 0. The van der Waals surface area contributed by atoms with Crippen LogP contribution in [0.5, 0.6) is 0 Å². The van der Waals surface area contributed by atoms with Gasteiger partial charge in [-0.05, 0) is 36.6 Å². The van der Waals surface area contributed by atoms with Crippen LogP contribution in [0.25, 0.3) is 0 Å². The molecule has 0 spiro atoms. The van der Waals surface area contributed by atoms with E-state index in [4.69, 9.17) is 0 Å². The Morgan fingerprint density at radius 1 is 1.33 bits per heavy atom. The number of benzene rings is 1. The monoisotopic (exact) mass is 326 g/mol. The summed E-state index contributed by atoms with van der Waals surface area (Å²) in [5, 5.41) is 14.0. The summed E-state index contributed by atoms with van der Waals surface area (Å²) in [6.45, 7) is 2.18. The molecule has 0 radical (unpaired) electrons. The number of carbonyl (C=O) groups is 1. The molecule has 2 aromatic rings. The van der Waals surface area contributed by atoms with Crippen LogP contribution in [0.4, 0.5) is 17.2 Å². The molecule has 0 bridgehead atoms. The number of nitrogens with one attached hydrogen (secondary N) is 1. The molecule has 1 N–H and O–H groups in total. The van der Waals surface area contributed by atoms with Crippen LogP contribution in [0.15, 0.2) is 42.6 Å². The van der Waals surface area contributed by atoms with Crippen LogP contribution in [0.3, 0.4) is 0 Å². The average molecular weight is 326 g/mol. The first-order valence-electron chi connectivity index (χ1n) is 7.77. The standard InChI is InChI=1S/C17H18N4O3/c1-12(22)20(15-8-9-15)11-13-4-6-14(7-5-13)19-17-16(21(23)24)3-2-10-18-17/h2-7,10,15H,8-9,11H2,1H3,(H,18,19). The van der Waals surface area contributed by atoms with Crippen LogP contribution in [-0.2, 0) is 11.3 Å². The summed E-state index contributed by atoms with van der Waals surface area (Å²) in [4.78, 5) is 28.1. The number of nitrogens with zero attached hydrogens (tertiary/aromatic N) is 3. The van der Waals surface area contributed by atoms with Gasteiger partial charge in [0.15, 0.2) is 0 Å². The summed E-state index contributed by atoms with van der Waals surface area (Å²) in [6, 6.07) is 10.8. The molecule has 1 heterocycles. The summed E-state index contributed by atoms with van der Waals surface area (Å²) < 4.78 is 0. The second-order valence-electron chi connectivity index (χ2n) is 5.83. The van der Waals surface area contributed by atoms with E-state index in [9.17, 15) is 14.9 Å². The highest BCUT2D eigenvalue weighted by Crippen LogP contribution is 2.29. The fourth-order valence-corrected chi connectivity index (χ4v) is 2.55. The van der Waals surface area contributed by atoms with Crippen molar-refractivity contribution in [2.75, 3.05) is 5.32 Å². The van der Waals surface area contributed by atoms with Gasteiger partial charge in [0, 0.05) is 37.5 Å². The fraction of sp³-hybridized carbons (Fsp3) is 0.294. The Hall–Kier alpha value is -2.96. The van der Waals surface area contributed by atoms with Crippen LogP contribution >= 0.6 is 0 Å². The van der Waals surface area contributed by atoms with Crippen molar-refractivity contribution in [2.24, 2.45) is 0 Å². The van der Waals surface area contributed by atoms with E-state index < -0.39 is 4.92 Å². The highest BCUT2D eigenvalue weighted by molar-refractivity contribution is 5.74. The third-order valence-corrected chi connectivity index (χ3v) is 3.94. The van der Waals surface area contributed by atoms with Gasteiger partial charge >= 0.3 is 5.69 Å². The number of carbonyl (C=O) groups excluding carboxylic acids is 1. The van der Waals surface area contributed by atoms with Crippen LogP contribution in [0, 0.1) is 10.1 Å². The number of hydrogen-bond donors (Lipinski definition) is 1. The molecule has 1 saturated carbocycles. The molecule has 1 fully saturated rings. The molecule has 24 heavy (non-hydrogen) atoms. The smallest absolute Gasteiger partial charge is 0.311 e. The molecule has 0 saturated heterocycles. The largest absolute Gasteiger partial charge is 0.336 e. The van der Waals surface area contributed by atoms with Crippen molar-refractivity contribution in [3.8, 4) is 0 Å². The van der Waals surface area contributed by atoms with Crippen molar-refractivity contribution >= 4 is 23.1 Å². The van der Waals surface area contributed by atoms with E-state index in [-0.39, 0.29) is 17.4 Å². The average Bonchev–Trinajstić information content (AvgIpc) is 3.39. The van der Waals surface area contributed by atoms with E-state index in [2.05, 4.69) is 10.3 Å². The van der Waals surface area contributed by atoms with Gasteiger partial charge in [0.25, 0.3) is 0 Å². The lowest BCUT2D eigenvalue weighted by Crippen LogP contribution is -2.30. The molecule has 0 unspecified atom stereocenters. The van der Waals surface area contributed by atoms with Gasteiger partial charge in [0.2, 0.25) is 11.7 Å². The third-order valence-electron chi connectivity index (χ3n) is 3.94. The first-order chi connectivity index (χ1) is 11.5. The van der Waals surface area contributed by atoms with Crippen molar-refractivity contribution in [1.29, 1.82) is 0 Å². The second-order valence-corrected chi connectivity index (χ2v) is 5.83. The predicted molar refractivity (Wildman–Crippen MR) is 89.9 cm³/mol. The summed E-state index contributed by atoms with van der Waals surface area (Å²) >= 11 is 0. The lowest BCUT2D eigenvalue weighted by atomic mass is 10.2. The molecule has 0 atom stereocenters.